The van der Waals surface area contributed by atoms with Crippen molar-refractivity contribution in [1.29, 1.82) is 0 Å². The highest BCUT2D eigenvalue weighted by molar-refractivity contribution is 5.80. The van der Waals surface area contributed by atoms with E-state index >= 15 is 0 Å². The molecule has 1 aliphatic carbocycles. The number of carboxylic acids is 1. The molecule has 1 heterocycles. The molecule has 28 heavy (non-hydrogen) atoms. The van der Waals surface area contributed by atoms with Gasteiger partial charge in [0.25, 0.3) is 0 Å². The van der Waals surface area contributed by atoms with Crippen molar-refractivity contribution in [1.82, 2.24) is 10.3 Å². The van der Waals surface area contributed by atoms with Gasteiger partial charge in [0.05, 0.1) is 0 Å². The van der Waals surface area contributed by atoms with Crippen LogP contribution in [0.2, 0.25) is 0 Å². The second kappa shape index (κ2) is 9.31. The maximum absolute atomic E-state index is 11.4. The van der Waals surface area contributed by atoms with Crippen LogP contribution in [0.1, 0.15) is 54.9 Å². The smallest absolute Gasteiger partial charge is 0.303 e. The van der Waals surface area contributed by atoms with Crippen molar-refractivity contribution in [3.05, 3.63) is 71.1 Å². The van der Waals surface area contributed by atoms with Crippen LogP contribution in [0.5, 0.6) is 0 Å². The third kappa shape index (κ3) is 5.28. The molecule has 5 nitrogen and oxygen atoms in total. The average Bonchev–Trinajstić information content (AvgIpc) is 3.05. The van der Waals surface area contributed by atoms with Crippen LogP contribution in [0.25, 0.3) is 5.57 Å². The number of pyridine rings is 1. The predicted octanol–water partition coefficient (Wildman–Crippen LogP) is 3.76. The summed E-state index contributed by atoms with van der Waals surface area (Å²) in [5, 5.41) is 11.8. The van der Waals surface area contributed by atoms with E-state index in [1.807, 2.05) is 18.3 Å². The van der Waals surface area contributed by atoms with Gasteiger partial charge < -0.3 is 10.4 Å². The first-order valence-corrected chi connectivity index (χ1v) is 9.74. The van der Waals surface area contributed by atoms with E-state index in [-0.39, 0.29) is 18.4 Å². The molecule has 1 aliphatic rings. The summed E-state index contributed by atoms with van der Waals surface area (Å²) < 4.78 is 0. The summed E-state index contributed by atoms with van der Waals surface area (Å²) in [5.74, 6) is -0.737. The van der Waals surface area contributed by atoms with Gasteiger partial charge in [0.1, 0.15) is 0 Å². The number of rotatable bonds is 8. The van der Waals surface area contributed by atoms with Crippen LogP contribution in [0.15, 0.2) is 48.8 Å². The highest BCUT2D eigenvalue weighted by Gasteiger charge is 2.22. The van der Waals surface area contributed by atoms with E-state index in [0.717, 1.165) is 42.4 Å². The first kappa shape index (κ1) is 19.8. The Hall–Kier alpha value is -2.95. The lowest BCUT2D eigenvalue weighted by molar-refractivity contribution is -0.137. The monoisotopic (exact) mass is 378 g/mol. The number of carboxylic acid groups (broad SMARTS) is 1. The van der Waals surface area contributed by atoms with Crippen LogP contribution >= 0.6 is 0 Å². The number of unbranched alkanes of at least 4 members (excludes halogenated alkanes) is 2. The van der Waals surface area contributed by atoms with Crippen LogP contribution in [0, 0.1) is 0 Å². The number of benzene rings is 1. The molecule has 146 valence electrons. The zero-order valence-corrected chi connectivity index (χ0v) is 16.1. The van der Waals surface area contributed by atoms with Gasteiger partial charge >= 0.3 is 5.97 Å². The minimum Gasteiger partial charge on any atom is -0.481 e. The second-order valence-corrected chi connectivity index (χ2v) is 7.29. The molecule has 2 N–H and O–H groups in total. The molecule has 5 heteroatoms. The van der Waals surface area contributed by atoms with Crippen LogP contribution in [-0.2, 0) is 22.4 Å². The summed E-state index contributed by atoms with van der Waals surface area (Å²) in [7, 11) is 0. The van der Waals surface area contributed by atoms with Crippen LogP contribution in [0.3, 0.4) is 0 Å². The fraction of sp³-hybridized carbons (Fsp3) is 0.348. The zero-order chi connectivity index (χ0) is 19.9. The van der Waals surface area contributed by atoms with Crippen molar-refractivity contribution in [3.63, 3.8) is 0 Å². The van der Waals surface area contributed by atoms with E-state index in [0.29, 0.717) is 6.42 Å². The predicted molar refractivity (Wildman–Crippen MR) is 109 cm³/mol. The number of carbonyl (C=O) groups is 2. The van der Waals surface area contributed by atoms with Gasteiger partial charge in [-0.3, -0.25) is 14.6 Å². The van der Waals surface area contributed by atoms with Gasteiger partial charge in [-0.05, 0) is 60.4 Å². The minimum atomic E-state index is -0.746. The standard InChI is InChI=1S/C23H26N2O3/c1-16(26)25-21-13-17-9-10-18(12-20(17)14-21)22(19-6-5-11-24-15-19)7-3-2-4-8-23(27)28/h5-7,9-12,15,21H,2-4,8,13-14H2,1H3,(H,25,26)(H,27,28)/b22-7-. The maximum atomic E-state index is 11.4. The lowest BCUT2D eigenvalue weighted by atomic mass is 9.94. The molecular weight excluding hydrogens is 352 g/mol. The summed E-state index contributed by atoms with van der Waals surface area (Å²) in [4.78, 5) is 26.3. The molecule has 0 fully saturated rings. The Morgan fingerprint density at radius 3 is 2.71 bits per heavy atom. The van der Waals surface area contributed by atoms with Gasteiger partial charge in [0.2, 0.25) is 5.91 Å². The number of aromatic nitrogens is 1. The van der Waals surface area contributed by atoms with Gasteiger partial charge in [-0.2, -0.15) is 0 Å². The van der Waals surface area contributed by atoms with Crippen LogP contribution < -0.4 is 5.32 Å². The van der Waals surface area contributed by atoms with Crippen LogP contribution in [0.4, 0.5) is 0 Å². The number of hydrogen-bond acceptors (Lipinski definition) is 3. The van der Waals surface area contributed by atoms with E-state index < -0.39 is 5.97 Å². The fourth-order valence-electron chi connectivity index (χ4n) is 3.77. The van der Waals surface area contributed by atoms with E-state index in [1.165, 1.54) is 11.1 Å². The molecule has 1 aromatic carbocycles. The van der Waals surface area contributed by atoms with E-state index in [1.54, 1.807) is 13.1 Å². The largest absolute Gasteiger partial charge is 0.481 e. The lowest BCUT2D eigenvalue weighted by Gasteiger charge is -2.11. The first-order chi connectivity index (χ1) is 13.5. The molecule has 0 aliphatic heterocycles. The second-order valence-electron chi connectivity index (χ2n) is 7.29. The normalized spacial score (nSPS) is 15.9. The SMILES string of the molecule is CC(=O)NC1Cc2ccc(/C(=C/CCCCC(=O)O)c3cccnc3)cc2C1. The third-order valence-corrected chi connectivity index (χ3v) is 5.02. The number of amides is 1. The quantitative estimate of drug-likeness (QED) is 0.686. The van der Waals surface area contributed by atoms with E-state index in [9.17, 15) is 9.59 Å². The van der Waals surface area contributed by atoms with E-state index in [4.69, 9.17) is 5.11 Å². The number of nitrogens with one attached hydrogen (secondary N) is 1. The molecule has 3 rings (SSSR count). The van der Waals surface area contributed by atoms with Gasteiger partial charge in [-0.15, -0.1) is 0 Å². The molecule has 0 radical (unpaired) electrons. The van der Waals surface area contributed by atoms with Crippen LogP contribution in [-0.4, -0.2) is 28.0 Å². The van der Waals surface area contributed by atoms with Crippen molar-refractivity contribution in [3.8, 4) is 0 Å². The fourth-order valence-corrected chi connectivity index (χ4v) is 3.77. The van der Waals surface area contributed by atoms with Gasteiger partial charge in [0.15, 0.2) is 0 Å². The average molecular weight is 378 g/mol. The Kier molecular flexibility index (Phi) is 6.58. The zero-order valence-electron chi connectivity index (χ0n) is 16.1. The summed E-state index contributed by atoms with van der Waals surface area (Å²) in [5.41, 5.74) is 5.87. The molecule has 1 amide bonds. The Bertz CT molecular complexity index is 875. The number of hydrogen-bond donors (Lipinski definition) is 2. The number of allylic oxidation sites excluding steroid dienone is 1. The summed E-state index contributed by atoms with van der Waals surface area (Å²) >= 11 is 0. The Morgan fingerprint density at radius 2 is 2.00 bits per heavy atom. The Morgan fingerprint density at radius 1 is 1.18 bits per heavy atom. The molecule has 0 saturated carbocycles. The maximum Gasteiger partial charge on any atom is 0.303 e. The minimum absolute atomic E-state index is 0.00957. The molecule has 0 spiro atoms. The number of fused-ring (bicyclic) bond motifs is 1. The lowest BCUT2D eigenvalue weighted by Crippen LogP contribution is -2.33. The molecule has 0 saturated heterocycles. The van der Waals surface area contributed by atoms with Gasteiger partial charge in [-0.25, -0.2) is 0 Å². The van der Waals surface area contributed by atoms with Gasteiger partial charge in [0, 0.05) is 37.3 Å². The van der Waals surface area contributed by atoms with Crippen molar-refractivity contribution >= 4 is 17.4 Å². The summed E-state index contributed by atoms with van der Waals surface area (Å²) in [6.45, 7) is 1.56. The van der Waals surface area contributed by atoms with Gasteiger partial charge in [-0.1, -0.05) is 30.3 Å². The molecule has 0 bridgehead atoms. The highest BCUT2D eigenvalue weighted by Crippen LogP contribution is 2.30. The Labute approximate surface area is 165 Å². The topological polar surface area (TPSA) is 79.3 Å². The van der Waals surface area contributed by atoms with E-state index in [2.05, 4.69) is 34.6 Å². The Balaban J connectivity index is 1.80. The molecule has 2 aromatic rings. The summed E-state index contributed by atoms with van der Waals surface area (Å²) in [6, 6.07) is 10.6. The first-order valence-electron chi connectivity index (χ1n) is 9.74. The van der Waals surface area contributed by atoms with Crippen molar-refractivity contribution in [2.45, 2.75) is 51.5 Å². The summed E-state index contributed by atoms with van der Waals surface area (Å²) in [6.07, 6.45) is 10.1. The third-order valence-electron chi connectivity index (χ3n) is 5.02. The molecule has 1 atom stereocenters. The van der Waals surface area contributed by atoms with Crippen molar-refractivity contribution < 1.29 is 14.7 Å². The van der Waals surface area contributed by atoms with Crippen molar-refractivity contribution in [2.24, 2.45) is 0 Å². The number of aliphatic carboxylic acids is 1. The van der Waals surface area contributed by atoms with Crippen molar-refractivity contribution in [2.75, 3.05) is 0 Å². The molecule has 1 unspecified atom stereocenters. The molecule has 1 aromatic heterocycles. The highest BCUT2D eigenvalue weighted by atomic mass is 16.4. The number of carbonyl (C=O) groups excluding carboxylic acids is 1. The molecular formula is C23H26N2O3. The number of nitrogens with zero attached hydrogens (tertiary/aromatic N) is 1.